The second kappa shape index (κ2) is 3.81. The van der Waals surface area contributed by atoms with E-state index in [2.05, 4.69) is 5.10 Å². The van der Waals surface area contributed by atoms with Gasteiger partial charge in [0, 0.05) is 17.3 Å². The lowest BCUT2D eigenvalue weighted by molar-refractivity contribution is 0.313. The third-order valence-corrected chi connectivity index (χ3v) is 6.11. The van der Waals surface area contributed by atoms with Crippen molar-refractivity contribution in [3.05, 3.63) is 17.5 Å². The van der Waals surface area contributed by atoms with Crippen LogP contribution >= 0.6 is 0 Å². The van der Waals surface area contributed by atoms with Gasteiger partial charge in [-0.15, -0.1) is 0 Å². The van der Waals surface area contributed by atoms with E-state index in [-0.39, 0.29) is 23.1 Å². The molecule has 1 saturated heterocycles. The molecule has 1 aliphatic heterocycles. The average molecular weight is 269 g/mol. The van der Waals surface area contributed by atoms with E-state index in [4.69, 9.17) is 5.73 Å². The van der Waals surface area contributed by atoms with Crippen LogP contribution in [0.3, 0.4) is 0 Å². The molecule has 0 spiro atoms. The Kier molecular flexibility index (Phi) is 2.57. The van der Waals surface area contributed by atoms with E-state index in [1.807, 2.05) is 17.8 Å². The molecular weight excluding hydrogens is 250 g/mol. The van der Waals surface area contributed by atoms with Crippen molar-refractivity contribution in [1.82, 2.24) is 9.78 Å². The minimum absolute atomic E-state index is 0.0594. The molecule has 0 bridgehead atoms. The van der Waals surface area contributed by atoms with Gasteiger partial charge in [0.25, 0.3) is 0 Å². The van der Waals surface area contributed by atoms with E-state index in [9.17, 15) is 8.42 Å². The summed E-state index contributed by atoms with van der Waals surface area (Å²) in [6, 6.07) is 0.0594. The predicted molar refractivity (Wildman–Crippen MR) is 69.0 cm³/mol. The molecule has 2 aliphatic rings. The van der Waals surface area contributed by atoms with Gasteiger partial charge in [0.2, 0.25) is 0 Å². The third kappa shape index (κ3) is 1.78. The van der Waals surface area contributed by atoms with Crippen LogP contribution < -0.4 is 5.73 Å². The third-order valence-electron chi connectivity index (χ3n) is 4.22. The van der Waals surface area contributed by atoms with Crippen molar-refractivity contribution < 1.29 is 8.42 Å². The lowest BCUT2D eigenvalue weighted by Gasteiger charge is -2.28. The standard InChI is InChI=1S/C12H19N3O2S/c1-12(5-6-18(16,17)8-12)15-11-4-2-3-10(13)9(11)7-14-15/h7,10H,2-6,8,13H2,1H3. The van der Waals surface area contributed by atoms with Crippen LogP contribution in [0.5, 0.6) is 0 Å². The first-order valence-electron chi connectivity index (χ1n) is 6.45. The number of fused-ring (bicyclic) bond motifs is 1. The molecule has 5 nitrogen and oxygen atoms in total. The number of hydrogen-bond donors (Lipinski definition) is 1. The first-order chi connectivity index (χ1) is 8.41. The Morgan fingerprint density at radius 3 is 3.00 bits per heavy atom. The van der Waals surface area contributed by atoms with Crippen molar-refractivity contribution >= 4 is 9.84 Å². The van der Waals surface area contributed by atoms with Crippen LogP contribution in [-0.2, 0) is 21.8 Å². The molecule has 1 fully saturated rings. The van der Waals surface area contributed by atoms with E-state index in [1.54, 1.807) is 0 Å². The van der Waals surface area contributed by atoms with E-state index in [0.717, 1.165) is 30.5 Å². The van der Waals surface area contributed by atoms with Crippen LogP contribution in [-0.4, -0.2) is 29.7 Å². The molecule has 1 aromatic rings. The Labute approximate surface area is 107 Å². The average Bonchev–Trinajstić information content (AvgIpc) is 2.82. The zero-order valence-electron chi connectivity index (χ0n) is 10.6. The fourth-order valence-electron chi connectivity index (χ4n) is 3.22. The van der Waals surface area contributed by atoms with E-state index < -0.39 is 9.84 Å². The summed E-state index contributed by atoms with van der Waals surface area (Å²) in [6.45, 7) is 1.99. The molecule has 2 atom stereocenters. The summed E-state index contributed by atoms with van der Waals surface area (Å²) in [4.78, 5) is 0. The molecule has 2 unspecified atom stereocenters. The summed E-state index contributed by atoms with van der Waals surface area (Å²) in [5.41, 5.74) is 7.95. The van der Waals surface area contributed by atoms with Crippen LogP contribution in [0.1, 0.15) is 43.5 Å². The Balaban J connectivity index is 2.04. The molecule has 0 aromatic carbocycles. The van der Waals surface area contributed by atoms with Gasteiger partial charge in [-0.05, 0) is 32.6 Å². The van der Waals surface area contributed by atoms with E-state index in [1.165, 1.54) is 0 Å². The zero-order chi connectivity index (χ0) is 13.0. The van der Waals surface area contributed by atoms with Crippen molar-refractivity contribution in [1.29, 1.82) is 0 Å². The maximum atomic E-state index is 11.7. The highest BCUT2D eigenvalue weighted by Gasteiger charge is 2.42. The van der Waals surface area contributed by atoms with Gasteiger partial charge in [-0.25, -0.2) is 8.42 Å². The zero-order valence-corrected chi connectivity index (χ0v) is 11.4. The molecule has 1 aromatic heterocycles. The smallest absolute Gasteiger partial charge is 0.152 e. The molecule has 2 heterocycles. The Morgan fingerprint density at radius 2 is 2.33 bits per heavy atom. The van der Waals surface area contributed by atoms with Crippen LogP contribution in [0.2, 0.25) is 0 Å². The van der Waals surface area contributed by atoms with E-state index >= 15 is 0 Å². The van der Waals surface area contributed by atoms with Gasteiger partial charge in [0.1, 0.15) is 0 Å². The van der Waals surface area contributed by atoms with Crippen molar-refractivity contribution in [2.45, 2.75) is 44.2 Å². The number of nitrogens with two attached hydrogens (primary N) is 1. The second-order valence-corrected chi connectivity index (χ2v) is 7.98. The molecular formula is C12H19N3O2S. The highest BCUT2D eigenvalue weighted by atomic mass is 32.2. The maximum absolute atomic E-state index is 11.7. The van der Waals surface area contributed by atoms with Gasteiger partial charge in [0.05, 0.1) is 23.2 Å². The fourth-order valence-corrected chi connectivity index (χ4v) is 5.33. The summed E-state index contributed by atoms with van der Waals surface area (Å²) in [5, 5.41) is 4.44. The van der Waals surface area contributed by atoms with Gasteiger partial charge in [0.15, 0.2) is 9.84 Å². The topological polar surface area (TPSA) is 78.0 Å². The Morgan fingerprint density at radius 1 is 1.56 bits per heavy atom. The number of sulfone groups is 1. The minimum Gasteiger partial charge on any atom is -0.324 e. The molecule has 3 rings (SSSR count). The maximum Gasteiger partial charge on any atom is 0.152 e. The van der Waals surface area contributed by atoms with Gasteiger partial charge in [-0.3, -0.25) is 4.68 Å². The number of hydrogen-bond acceptors (Lipinski definition) is 4. The molecule has 0 saturated carbocycles. The molecule has 6 heteroatoms. The molecule has 0 radical (unpaired) electrons. The lowest BCUT2D eigenvalue weighted by Crippen LogP contribution is -2.34. The first kappa shape index (κ1) is 12.2. The normalized spacial score (nSPS) is 34.4. The van der Waals surface area contributed by atoms with Crippen molar-refractivity contribution in [2.75, 3.05) is 11.5 Å². The quantitative estimate of drug-likeness (QED) is 0.816. The number of aromatic nitrogens is 2. The number of nitrogens with zero attached hydrogens (tertiary/aromatic N) is 2. The molecule has 2 N–H and O–H groups in total. The molecule has 100 valence electrons. The van der Waals surface area contributed by atoms with Crippen molar-refractivity contribution in [2.24, 2.45) is 5.73 Å². The van der Waals surface area contributed by atoms with E-state index in [0.29, 0.717) is 6.42 Å². The van der Waals surface area contributed by atoms with Gasteiger partial charge < -0.3 is 5.73 Å². The summed E-state index contributed by atoms with van der Waals surface area (Å²) in [6.07, 6.45) is 5.49. The Hall–Kier alpha value is -0.880. The van der Waals surface area contributed by atoms with Gasteiger partial charge in [-0.2, -0.15) is 5.10 Å². The summed E-state index contributed by atoms with van der Waals surface area (Å²) < 4.78 is 25.4. The van der Waals surface area contributed by atoms with Crippen LogP contribution in [0.25, 0.3) is 0 Å². The molecule has 18 heavy (non-hydrogen) atoms. The highest BCUT2D eigenvalue weighted by molar-refractivity contribution is 7.91. The highest BCUT2D eigenvalue weighted by Crippen LogP contribution is 2.35. The second-order valence-electron chi connectivity index (χ2n) is 5.80. The van der Waals surface area contributed by atoms with Crippen LogP contribution in [0.15, 0.2) is 6.20 Å². The van der Waals surface area contributed by atoms with Crippen molar-refractivity contribution in [3.63, 3.8) is 0 Å². The molecule has 0 amide bonds. The van der Waals surface area contributed by atoms with Gasteiger partial charge >= 0.3 is 0 Å². The Bertz CT molecular complexity index is 578. The summed E-state index contributed by atoms with van der Waals surface area (Å²) >= 11 is 0. The minimum atomic E-state index is -2.91. The molecule has 1 aliphatic carbocycles. The summed E-state index contributed by atoms with van der Waals surface area (Å²) in [7, 11) is -2.91. The first-order valence-corrected chi connectivity index (χ1v) is 8.27. The predicted octanol–water partition coefficient (Wildman–Crippen LogP) is 0.753. The largest absolute Gasteiger partial charge is 0.324 e. The monoisotopic (exact) mass is 269 g/mol. The van der Waals surface area contributed by atoms with Crippen molar-refractivity contribution in [3.8, 4) is 0 Å². The lowest BCUT2D eigenvalue weighted by atomic mass is 9.92. The summed E-state index contributed by atoms with van der Waals surface area (Å²) in [5.74, 6) is 0.466. The van der Waals surface area contributed by atoms with Crippen LogP contribution in [0.4, 0.5) is 0 Å². The fraction of sp³-hybridized carbons (Fsp3) is 0.750. The SMILES string of the molecule is CC1(n2ncc3c2CCCC3N)CCS(=O)(=O)C1. The number of rotatable bonds is 1. The van der Waals surface area contributed by atoms with Gasteiger partial charge in [-0.1, -0.05) is 0 Å². The van der Waals surface area contributed by atoms with Crippen LogP contribution in [0, 0.1) is 0 Å².